The molecule has 0 fully saturated rings. The van der Waals surface area contributed by atoms with Crippen LogP contribution in [-0.4, -0.2) is 113 Å². The average Bonchev–Trinajstić information content (AvgIpc) is 2.81. The number of nitrogens with one attached hydrogen (secondary N) is 3. The summed E-state index contributed by atoms with van der Waals surface area (Å²) >= 11 is 3.03. The zero-order valence-corrected chi connectivity index (χ0v) is 20.9. The Morgan fingerprint density at radius 3 is 1.97 bits per heavy atom. The second-order valence-electron chi connectivity index (χ2n) is 6.91. The lowest BCUT2D eigenvalue weighted by molar-refractivity contribution is -0.142. The van der Waals surface area contributed by atoms with Gasteiger partial charge >= 0.3 is 5.97 Å². The molecule has 0 aliphatic carbocycles. The van der Waals surface area contributed by atoms with Crippen molar-refractivity contribution in [2.45, 2.75) is 25.3 Å². The van der Waals surface area contributed by atoms with Crippen LogP contribution in [-0.2, 0) is 38.1 Å². The lowest BCUT2D eigenvalue weighted by Crippen LogP contribution is -2.42. The van der Waals surface area contributed by atoms with Crippen LogP contribution in [0.3, 0.4) is 0 Å². The molecule has 6 N–H and O–H groups in total. The Bertz CT molecular complexity index is 584. The van der Waals surface area contributed by atoms with Gasteiger partial charge in [-0.25, -0.2) is 4.79 Å². The van der Waals surface area contributed by atoms with Crippen molar-refractivity contribution < 1.29 is 43.2 Å². The molecule has 34 heavy (non-hydrogen) atoms. The quantitative estimate of drug-likeness (QED) is 0.0722. The molecule has 0 aromatic heterocycles. The second kappa shape index (κ2) is 22.9. The predicted molar refractivity (Wildman–Crippen MR) is 126 cm³/mol. The van der Waals surface area contributed by atoms with Gasteiger partial charge in [0.15, 0.2) is 0 Å². The maximum absolute atomic E-state index is 11.9. The first-order valence-electron chi connectivity index (χ1n) is 11.0. The fourth-order valence-corrected chi connectivity index (χ4v) is 2.61. The molecule has 1 unspecified atom stereocenters. The lowest BCUT2D eigenvalue weighted by Gasteiger charge is -2.14. The number of nitrogens with two attached hydrogens (primary N) is 1. The van der Waals surface area contributed by atoms with Gasteiger partial charge in [0, 0.05) is 19.6 Å². The number of rotatable bonds is 23. The summed E-state index contributed by atoms with van der Waals surface area (Å²) in [7, 11) is 0. The second-order valence-corrected chi connectivity index (χ2v) is 7.47. The highest BCUT2D eigenvalue weighted by atomic mass is 79.9. The fraction of sp³-hybridized carbons (Fsp3) is 0.800. The number of aliphatic carboxylic acids is 1. The maximum atomic E-state index is 11.9. The summed E-state index contributed by atoms with van der Waals surface area (Å²) in [6.07, 6.45) is 1.37. The lowest BCUT2D eigenvalue weighted by atomic mass is 10.1. The number of halogens is 1. The minimum Gasteiger partial charge on any atom is -0.480 e. The Labute approximate surface area is 207 Å². The van der Waals surface area contributed by atoms with Gasteiger partial charge in [0.1, 0.15) is 19.3 Å². The van der Waals surface area contributed by atoms with Crippen molar-refractivity contribution in [2.24, 2.45) is 5.73 Å². The molecule has 1 atom stereocenters. The molecule has 0 bridgehead atoms. The number of carboxylic acids is 1. The average molecular weight is 557 g/mol. The van der Waals surface area contributed by atoms with Crippen LogP contribution in [0, 0.1) is 0 Å². The number of amides is 3. The molecule has 0 radical (unpaired) electrons. The number of hydrogen-bond donors (Lipinski definition) is 5. The SMILES string of the molecule is NCCOCCOCC(=O)NCCOCCOCC(=O)NC(CCCCNC(=O)CBr)C(=O)O. The van der Waals surface area contributed by atoms with Crippen LogP contribution < -0.4 is 21.7 Å². The summed E-state index contributed by atoms with van der Waals surface area (Å²) in [5.74, 6) is -2.08. The van der Waals surface area contributed by atoms with Crippen molar-refractivity contribution in [3.8, 4) is 0 Å². The number of ether oxygens (including phenoxy) is 4. The summed E-state index contributed by atoms with van der Waals surface area (Å²) < 4.78 is 20.7. The third-order valence-corrected chi connectivity index (χ3v) is 4.55. The molecule has 0 saturated carbocycles. The van der Waals surface area contributed by atoms with Crippen molar-refractivity contribution in [1.29, 1.82) is 0 Å². The fourth-order valence-electron chi connectivity index (χ4n) is 2.41. The highest BCUT2D eigenvalue weighted by Crippen LogP contribution is 2.01. The zero-order chi connectivity index (χ0) is 25.4. The van der Waals surface area contributed by atoms with Gasteiger partial charge < -0.3 is 45.7 Å². The number of hydrogen-bond acceptors (Lipinski definition) is 9. The molecular formula is C20H37BrN4O9. The molecule has 0 aromatic carbocycles. The van der Waals surface area contributed by atoms with E-state index < -0.39 is 17.9 Å². The Balaban J connectivity index is 3.67. The van der Waals surface area contributed by atoms with E-state index in [9.17, 15) is 24.3 Å². The van der Waals surface area contributed by atoms with Crippen molar-refractivity contribution in [1.82, 2.24) is 16.0 Å². The van der Waals surface area contributed by atoms with Crippen LogP contribution in [0.4, 0.5) is 0 Å². The van der Waals surface area contributed by atoms with E-state index in [-0.39, 0.29) is 56.6 Å². The zero-order valence-electron chi connectivity index (χ0n) is 19.4. The van der Waals surface area contributed by atoms with Crippen LogP contribution in [0.2, 0.25) is 0 Å². The largest absolute Gasteiger partial charge is 0.480 e. The topological polar surface area (TPSA) is 188 Å². The molecule has 0 aromatic rings. The number of carbonyl (C=O) groups excluding carboxylic acids is 3. The number of carbonyl (C=O) groups is 4. The number of alkyl halides is 1. The van der Waals surface area contributed by atoms with E-state index in [0.717, 1.165) is 0 Å². The first-order valence-corrected chi connectivity index (χ1v) is 12.1. The van der Waals surface area contributed by atoms with Crippen molar-refractivity contribution >= 4 is 39.6 Å². The third-order valence-electron chi connectivity index (χ3n) is 4.04. The molecule has 14 heteroatoms. The summed E-state index contributed by atoms with van der Waals surface area (Å²) in [5.41, 5.74) is 5.27. The van der Waals surface area contributed by atoms with E-state index in [1.54, 1.807) is 0 Å². The van der Waals surface area contributed by atoms with Crippen LogP contribution in [0.1, 0.15) is 19.3 Å². The van der Waals surface area contributed by atoms with Crippen LogP contribution >= 0.6 is 15.9 Å². The van der Waals surface area contributed by atoms with Gasteiger partial charge in [-0.1, -0.05) is 15.9 Å². The number of carboxylic acid groups (broad SMARTS) is 1. The molecule has 0 aliphatic rings. The molecule has 0 saturated heterocycles. The minimum atomic E-state index is -1.13. The van der Waals surface area contributed by atoms with E-state index >= 15 is 0 Å². The maximum Gasteiger partial charge on any atom is 0.326 e. The van der Waals surface area contributed by atoms with Gasteiger partial charge in [-0.2, -0.15) is 0 Å². The van der Waals surface area contributed by atoms with E-state index in [2.05, 4.69) is 31.9 Å². The molecule has 198 valence electrons. The summed E-state index contributed by atoms with van der Waals surface area (Å²) in [6.45, 7) is 2.55. The number of unbranched alkanes of at least 4 members (excludes halogenated alkanes) is 1. The molecule has 0 heterocycles. The van der Waals surface area contributed by atoms with Crippen molar-refractivity contribution in [3.63, 3.8) is 0 Å². The van der Waals surface area contributed by atoms with E-state index in [1.165, 1.54) is 0 Å². The summed E-state index contributed by atoms with van der Waals surface area (Å²) in [6, 6.07) is -1.02. The molecular weight excluding hydrogens is 520 g/mol. The Morgan fingerprint density at radius 1 is 0.765 bits per heavy atom. The van der Waals surface area contributed by atoms with Crippen LogP contribution in [0.15, 0.2) is 0 Å². The summed E-state index contributed by atoms with van der Waals surface area (Å²) in [5, 5.41) is 17.1. The van der Waals surface area contributed by atoms with Crippen molar-refractivity contribution in [3.05, 3.63) is 0 Å². The van der Waals surface area contributed by atoms with Gasteiger partial charge in [-0.05, 0) is 19.3 Å². The van der Waals surface area contributed by atoms with Gasteiger partial charge in [0.05, 0.1) is 45.0 Å². The predicted octanol–water partition coefficient (Wildman–Crippen LogP) is -1.62. The van der Waals surface area contributed by atoms with E-state index in [1.807, 2.05) is 0 Å². The van der Waals surface area contributed by atoms with Crippen LogP contribution in [0.5, 0.6) is 0 Å². The van der Waals surface area contributed by atoms with Gasteiger partial charge in [-0.3, -0.25) is 14.4 Å². The molecule has 0 rings (SSSR count). The minimum absolute atomic E-state index is 0.0742. The van der Waals surface area contributed by atoms with Gasteiger partial charge in [0.2, 0.25) is 17.7 Å². The highest BCUT2D eigenvalue weighted by Gasteiger charge is 2.19. The first-order chi connectivity index (χ1) is 16.4. The Hall–Kier alpha value is -1.84. The normalized spacial score (nSPS) is 11.6. The Morgan fingerprint density at radius 2 is 1.35 bits per heavy atom. The van der Waals surface area contributed by atoms with E-state index in [4.69, 9.17) is 24.7 Å². The van der Waals surface area contributed by atoms with Gasteiger partial charge in [0.25, 0.3) is 0 Å². The third kappa shape index (κ3) is 20.7. The molecule has 0 aliphatic heterocycles. The molecule has 0 spiro atoms. The van der Waals surface area contributed by atoms with Crippen molar-refractivity contribution in [2.75, 3.05) is 77.8 Å². The van der Waals surface area contributed by atoms with Crippen LogP contribution in [0.25, 0.3) is 0 Å². The van der Waals surface area contributed by atoms with Gasteiger partial charge in [-0.15, -0.1) is 0 Å². The summed E-state index contributed by atoms with van der Waals surface area (Å²) in [4.78, 5) is 45.8. The highest BCUT2D eigenvalue weighted by molar-refractivity contribution is 9.09. The molecule has 13 nitrogen and oxygen atoms in total. The standard InChI is InChI=1S/C20H37BrN4O9/c21-13-17(26)23-5-2-1-3-16(20(29)30)25-19(28)15-34-12-10-32-8-6-24-18(27)14-33-11-9-31-7-4-22/h16H,1-15,22H2,(H,23,26)(H,24,27)(H,25,28)(H,29,30). The Kier molecular flexibility index (Phi) is 21.7. The van der Waals surface area contributed by atoms with E-state index in [0.29, 0.717) is 52.3 Å². The monoisotopic (exact) mass is 556 g/mol. The smallest absolute Gasteiger partial charge is 0.326 e. The molecule has 3 amide bonds. The first kappa shape index (κ1) is 32.2.